The van der Waals surface area contributed by atoms with Crippen molar-refractivity contribution in [3.63, 3.8) is 0 Å². The summed E-state index contributed by atoms with van der Waals surface area (Å²) in [6.45, 7) is 8.52. The third kappa shape index (κ3) is 3.29. The Labute approximate surface area is 125 Å². The van der Waals surface area contributed by atoms with Gasteiger partial charge >= 0.3 is 0 Å². The van der Waals surface area contributed by atoms with Gasteiger partial charge < -0.3 is 4.90 Å². The number of aryl methyl sites for hydroxylation is 1. The quantitative estimate of drug-likeness (QED) is 0.745. The van der Waals surface area contributed by atoms with E-state index in [0.29, 0.717) is 11.0 Å². The fraction of sp³-hybridized carbons (Fsp3) is 0.667. The Morgan fingerprint density at radius 1 is 1.35 bits per heavy atom. The van der Waals surface area contributed by atoms with E-state index in [1.165, 1.54) is 0 Å². The molecule has 0 radical (unpaired) electrons. The minimum atomic E-state index is -0.386. The Bertz CT molecular complexity index is 490. The lowest BCUT2D eigenvalue weighted by molar-refractivity contribution is -0.143. The van der Waals surface area contributed by atoms with Crippen molar-refractivity contribution in [2.75, 3.05) is 6.54 Å². The number of carbonyl (C=O) groups excluding carboxylic acids is 1. The van der Waals surface area contributed by atoms with Crippen molar-refractivity contribution in [1.82, 2.24) is 14.9 Å². The van der Waals surface area contributed by atoms with Gasteiger partial charge in [0.2, 0.25) is 5.91 Å². The van der Waals surface area contributed by atoms with E-state index in [2.05, 4.69) is 9.97 Å². The molecule has 1 aliphatic rings. The first-order valence-corrected chi connectivity index (χ1v) is 7.49. The van der Waals surface area contributed by atoms with Crippen LogP contribution in [0.3, 0.4) is 0 Å². The molecular weight excluding hydrogens is 274 g/mol. The highest BCUT2D eigenvalue weighted by molar-refractivity contribution is 6.29. The van der Waals surface area contributed by atoms with Gasteiger partial charge in [-0.15, -0.1) is 0 Å². The molecule has 0 bridgehead atoms. The topological polar surface area (TPSA) is 46.1 Å². The number of piperidine rings is 1. The van der Waals surface area contributed by atoms with Crippen molar-refractivity contribution >= 4 is 17.5 Å². The Balaban J connectivity index is 2.33. The van der Waals surface area contributed by atoms with E-state index < -0.39 is 0 Å². The van der Waals surface area contributed by atoms with Crippen molar-refractivity contribution < 1.29 is 4.79 Å². The van der Waals surface area contributed by atoms with Crippen LogP contribution in [0, 0.1) is 12.3 Å². The maximum atomic E-state index is 12.6. The number of carbonyl (C=O) groups is 1. The summed E-state index contributed by atoms with van der Waals surface area (Å²) in [6, 6.07) is 1.69. The number of likely N-dealkylation sites (tertiary alicyclic amines) is 1. The fourth-order valence-corrected chi connectivity index (χ4v) is 2.82. The summed E-state index contributed by atoms with van der Waals surface area (Å²) in [5.74, 6) is 0.829. The molecule has 4 nitrogen and oxygen atoms in total. The molecule has 0 saturated carbocycles. The molecule has 0 aliphatic carbocycles. The van der Waals surface area contributed by atoms with E-state index in [1.54, 1.807) is 6.07 Å². The van der Waals surface area contributed by atoms with Gasteiger partial charge in [-0.3, -0.25) is 4.79 Å². The van der Waals surface area contributed by atoms with Crippen LogP contribution in [-0.4, -0.2) is 27.3 Å². The first-order valence-electron chi connectivity index (χ1n) is 7.11. The Morgan fingerprint density at radius 3 is 2.65 bits per heavy atom. The summed E-state index contributed by atoms with van der Waals surface area (Å²) in [6.07, 6.45) is 3.03. The summed E-state index contributed by atoms with van der Waals surface area (Å²) in [5, 5.41) is 0.446. The van der Waals surface area contributed by atoms with Crippen LogP contribution in [0.1, 0.15) is 57.6 Å². The van der Waals surface area contributed by atoms with Crippen LogP contribution in [-0.2, 0) is 4.79 Å². The molecule has 1 atom stereocenters. The maximum Gasteiger partial charge on any atom is 0.228 e. The molecule has 1 aromatic rings. The highest BCUT2D eigenvalue weighted by Crippen LogP contribution is 2.33. The number of hydrogen-bond donors (Lipinski definition) is 0. The molecule has 0 aromatic carbocycles. The van der Waals surface area contributed by atoms with Gasteiger partial charge in [-0.2, -0.15) is 0 Å². The minimum Gasteiger partial charge on any atom is -0.332 e. The van der Waals surface area contributed by atoms with Crippen LogP contribution >= 0.6 is 11.6 Å². The van der Waals surface area contributed by atoms with E-state index in [-0.39, 0.29) is 17.4 Å². The van der Waals surface area contributed by atoms with Crippen molar-refractivity contribution in [3.05, 3.63) is 22.7 Å². The summed E-state index contributed by atoms with van der Waals surface area (Å²) >= 11 is 6.03. The normalized spacial score (nSPS) is 20.1. The first-order chi connectivity index (χ1) is 9.29. The van der Waals surface area contributed by atoms with Crippen molar-refractivity contribution in [2.24, 2.45) is 5.41 Å². The van der Waals surface area contributed by atoms with E-state index in [0.717, 1.165) is 31.5 Å². The number of aromatic nitrogens is 2. The average molecular weight is 296 g/mol. The molecular formula is C15H22ClN3O. The Kier molecular flexibility index (Phi) is 4.33. The monoisotopic (exact) mass is 295 g/mol. The summed E-state index contributed by atoms with van der Waals surface area (Å²) in [7, 11) is 0. The number of rotatable bonds is 1. The summed E-state index contributed by atoms with van der Waals surface area (Å²) in [5.41, 5.74) is 0.456. The second kappa shape index (κ2) is 5.68. The van der Waals surface area contributed by atoms with Gasteiger partial charge in [0.1, 0.15) is 5.15 Å². The van der Waals surface area contributed by atoms with Gasteiger partial charge in [-0.25, -0.2) is 9.97 Å². The lowest BCUT2D eigenvalue weighted by atomic mass is 9.91. The standard InChI is InChI=1S/C15H22ClN3O/c1-10-9-12(16)18-13(17-10)11-7-5-6-8-19(11)14(20)15(2,3)4/h9,11H,5-8H2,1-4H3. The Morgan fingerprint density at radius 2 is 2.05 bits per heavy atom. The SMILES string of the molecule is Cc1cc(Cl)nc(C2CCCCN2C(=O)C(C)(C)C)n1. The molecule has 20 heavy (non-hydrogen) atoms. The molecule has 2 rings (SSSR count). The summed E-state index contributed by atoms with van der Waals surface area (Å²) in [4.78, 5) is 23.4. The van der Waals surface area contributed by atoms with Gasteiger partial charge in [0.15, 0.2) is 5.82 Å². The van der Waals surface area contributed by atoms with Crippen molar-refractivity contribution in [2.45, 2.75) is 53.0 Å². The minimum absolute atomic E-state index is 0.0483. The molecule has 1 saturated heterocycles. The van der Waals surface area contributed by atoms with Gasteiger partial charge in [-0.1, -0.05) is 32.4 Å². The predicted octanol–water partition coefficient (Wildman–Crippen LogP) is 3.54. The fourth-order valence-electron chi connectivity index (χ4n) is 2.57. The van der Waals surface area contributed by atoms with Crippen LogP contribution in [0.5, 0.6) is 0 Å². The second-order valence-electron chi connectivity index (χ2n) is 6.45. The van der Waals surface area contributed by atoms with Crippen LogP contribution < -0.4 is 0 Å². The molecule has 1 aromatic heterocycles. The van der Waals surface area contributed by atoms with Crippen molar-refractivity contribution in [3.8, 4) is 0 Å². The number of nitrogens with zero attached hydrogens (tertiary/aromatic N) is 3. The first kappa shape index (κ1) is 15.2. The number of hydrogen-bond acceptors (Lipinski definition) is 3. The van der Waals surface area contributed by atoms with E-state index in [1.807, 2.05) is 32.6 Å². The summed E-state index contributed by atoms with van der Waals surface area (Å²) < 4.78 is 0. The predicted molar refractivity (Wildman–Crippen MR) is 79.5 cm³/mol. The van der Waals surface area contributed by atoms with Crippen LogP contribution in [0.25, 0.3) is 0 Å². The number of amides is 1. The zero-order valence-electron chi connectivity index (χ0n) is 12.6. The highest BCUT2D eigenvalue weighted by atomic mass is 35.5. The van der Waals surface area contributed by atoms with Gasteiger partial charge in [0, 0.05) is 17.7 Å². The van der Waals surface area contributed by atoms with E-state index in [9.17, 15) is 4.79 Å². The van der Waals surface area contributed by atoms with Crippen molar-refractivity contribution in [1.29, 1.82) is 0 Å². The maximum absolute atomic E-state index is 12.6. The zero-order valence-corrected chi connectivity index (χ0v) is 13.4. The molecule has 5 heteroatoms. The van der Waals surface area contributed by atoms with Gasteiger partial charge in [-0.05, 0) is 32.3 Å². The van der Waals surface area contributed by atoms with Gasteiger partial charge in [0.25, 0.3) is 0 Å². The third-order valence-corrected chi connectivity index (χ3v) is 3.74. The van der Waals surface area contributed by atoms with E-state index in [4.69, 9.17) is 11.6 Å². The molecule has 1 amide bonds. The Hall–Kier alpha value is -1.16. The number of halogens is 1. The highest BCUT2D eigenvalue weighted by Gasteiger charge is 2.35. The lowest BCUT2D eigenvalue weighted by Gasteiger charge is -2.38. The average Bonchev–Trinajstić information content (AvgIpc) is 2.35. The smallest absolute Gasteiger partial charge is 0.228 e. The molecule has 0 spiro atoms. The molecule has 1 unspecified atom stereocenters. The third-order valence-electron chi connectivity index (χ3n) is 3.54. The zero-order chi connectivity index (χ0) is 14.9. The van der Waals surface area contributed by atoms with Crippen LogP contribution in [0.15, 0.2) is 6.07 Å². The molecule has 110 valence electrons. The van der Waals surface area contributed by atoms with Gasteiger partial charge in [0.05, 0.1) is 6.04 Å². The van der Waals surface area contributed by atoms with E-state index >= 15 is 0 Å². The van der Waals surface area contributed by atoms with Crippen LogP contribution in [0.4, 0.5) is 0 Å². The molecule has 2 heterocycles. The lowest BCUT2D eigenvalue weighted by Crippen LogP contribution is -2.44. The molecule has 0 N–H and O–H groups in total. The molecule has 1 aliphatic heterocycles. The molecule has 1 fully saturated rings. The largest absolute Gasteiger partial charge is 0.332 e. The van der Waals surface area contributed by atoms with Crippen LogP contribution in [0.2, 0.25) is 5.15 Å². The second-order valence-corrected chi connectivity index (χ2v) is 6.84.